The third-order valence-electron chi connectivity index (χ3n) is 4.22. The Morgan fingerprint density at radius 2 is 2.08 bits per heavy atom. The van der Waals surface area contributed by atoms with E-state index >= 15 is 0 Å². The quantitative estimate of drug-likeness (QED) is 0.753. The van der Waals surface area contributed by atoms with Crippen molar-refractivity contribution in [1.82, 2.24) is 5.32 Å². The van der Waals surface area contributed by atoms with Gasteiger partial charge in [0.15, 0.2) is 0 Å². The van der Waals surface area contributed by atoms with Gasteiger partial charge in [0.25, 0.3) is 5.91 Å². The van der Waals surface area contributed by atoms with Crippen LogP contribution in [0.25, 0.3) is 0 Å². The summed E-state index contributed by atoms with van der Waals surface area (Å²) in [5.41, 5.74) is 0.489. The van der Waals surface area contributed by atoms with Crippen molar-refractivity contribution in [2.24, 2.45) is 0 Å². The summed E-state index contributed by atoms with van der Waals surface area (Å²) in [6.07, 6.45) is 2.00. The van der Waals surface area contributed by atoms with Crippen molar-refractivity contribution >= 4 is 11.6 Å². The maximum absolute atomic E-state index is 12.4. The SMILES string of the molecule is Cc1cc(C2CCCNC2)oc(=O)c1C(=O)Nc1ccc(O)cc1. The molecule has 0 radical (unpaired) electrons. The minimum Gasteiger partial charge on any atom is -0.508 e. The Labute approximate surface area is 139 Å². The highest BCUT2D eigenvalue weighted by Gasteiger charge is 2.22. The van der Waals surface area contributed by atoms with Crippen LogP contribution in [0.15, 0.2) is 39.5 Å². The summed E-state index contributed by atoms with van der Waals surface area (Å²) in [7, 11) is 0. The third-order valence-corrected chi connectivity index (χ3v) is 4.22. The number of hydrogen-bond donors (Lipinski definition) is 3. The molecule has 1 aromatic carbocycles. The molecule has 1 aliphatic heterocycles. The summed E-state index contributed by atoms with van der Waals surface area (Å²) in [4.78, 5) is 24.7. The van der Waals surface area contributed by atoms with Crippen molar-refractivity contribution in [2.45, 2.75) is 25.7 Å². The molecule has 0 saturated carbocycles. The van der Waals surface area contributed by atoms with Gasteiger partial charge in [-0.05, 0) is 62.2 Å². The smallest absolute Gasteiger partial charge is 0.349 e. The number of piperidine rings is 1. The number of anilines is 1. The zero-order chi connectivity index (χ0) is 17.1. The summed E-state index contributed by atoms with van der Waals surface area (Å²) in [6, 6.07) is 7.83. The van der Waals surface area contributed by atoms with Crippen LogP contribution >= 0.6 is 0 Å². The fraction of sp³-hybridized carbons (Fsp3) is 0.333. The van der Waals surface area contributed by atoms with Gasteiger partial charge in [-0.2, -0.15) is 0 Å². The predicted octanol–water partition coefficient (Wildman–Crippen LogP) is 2.37. The van der Waals surface area contributed by atoms with Crippen molar-refractivity contribution in [3.63, 3.8) is 0 Å². The van der Waals surface area contributed by atoms with Crippen LogP contribution in [0.5, 0.6) is 5.75 Å². The van der Waals surface area contributed by atoms with E-state index in [2.05, 4.69) is 10.6 Å². The highest BCUT2D eigenvalue weighted by molar-refractivity contribution is 6.04. The standard InChI is InChI=1S/C18H20N2O4/c1-11-9-15(12-3-2-8-19-10-12)24-18(23)16(11)17(22)20-13-4-6-14(21)7-5-13/h4-7,9,12,19,21H,2-3,8,10H2,1H3,(H,20,22). The molecule has 1 aromatic heterocycles. The second kappa shape index (κ2) is 6.88. The minimum atomic E-state index is -0.619. The van der Waals surface area contributed by atoms with Crippen LogP contribution in [-0.4, -0.2) is 24.1 Å². The largest absolute Gasteiger partial charge is 0.508 e. The number of aromatic hydroxyl groups is 1. The van der Waals surface area contributed by atoms with Crippen LogP contribution in [0.1, 0.15) is 40.4 Å². The summed E-state index contributed by atoms with van der Waals surface area (Å²) in [5, 5.41) is 15.2. The van der Waals surface area contributed by atoms with Crippen molar-refractivity contribution in [3.8, 4) is 5.75 Å². The predicted molar refractivity (Wildman–Crippen MR) is 90.6 cm³/mol. The summed E-state index contributed by atoms with van der Waals surface area (Å²) < 4.78 is 5.41. The van der Waals surface area contributed by atoms with E-state index in [9.17, 15) is 14.7 Å². The van der Waals surface area contributed by atoms with E-state index in [1.54, 1.807) is 25.1 Å². The van der Waals surface area contributed by atoms with E-state index in [0.717, 1.165) is 25.9 Å². The van der Waals surface area contributed by atoms with Gasteiger partial charge in [-0.15, -0.1) is 0 Å². The van der Waals surface area contributed by atoms with Gasteiger partial charge in [-0.1, -0.05) is 0 Å². The van der Waals surface area contributed by atoms with E-state index < -0.39 is 11.5 Å². The highest BCUT2D eigenvalue weighted by atomic mass is 16.4. The summed E-state index contributed by atoms with van der Waals surface area (Å²) in [6.45, 7) is 3.50. The van der Waals surface area contributed by atoms with Gasteiger partial charge >= 0.3 is 5.63 Å². The molecule has 1 atom stereocenters. The first-order valence-corrected chi connectivity index (χ1v) is 8.00. The normalized spacial score (nSPS) is 17.5. The molecule has 6 nitrogen and oxygen atoms in total. The molecule has 0 bridgehead atoms. The number of amides is 1. The lowest BCUT2D eigenvalue weighted by molar-refractivity contribution is 0.102. The summed E-state index contributed by atoms with van der Waals surface area (Å²) >= 11 is 0. The molecular formula is C18H20N2O4. The van der Waals surface area contributed by atoms with Crippen LogP contribution in [-0.2, 0) is 0 Å². The zero-order valence-corrected chi connectivity index (χ0v) is 13.5. The number of phenolic OH excluding ortho intramolecular Hbond substituents is 1. The van der Waals surface area contributed by atoms with Crippen molar-refractivity contribution in [3.05, 3.63) is 57.6 Å². The monoisotopic (exact) mass is 328 g/mol. The second-order valence-corrected chi connectivity index (χ2v) is 6.04. The Bertz CT molecular complexity index is 790. The van der Waals surface area contributed by atoms with Crippen LogP contribution in [0, 0.1) is 6.92 Å². The maximum atomic E-state index is 12.4. The first-order chi connectivity index (χ1) is 11.5. The average molecular weight is 328 g/mol. The molecule has 1 saturated heterocycles. The molecule has 1 unspecified atom stereocenters. The van der Waals surface area contributed by atoms with E-state index in [4.69, 9.17) is 4.42 Å². The Kier molecular flexibility index (Phi) is 4.66. The van der Waals surface area contributed by atoms with Crippen molar-refractivity contribution in [2.75, 3.05) is 18.4 Å². The number of phenols is 1. The summed E-state index contributed by atoms with van der Waals surface area (Å²) in [5.74, 6) is 0.389. The zero-order valence-electron chi connectivity index (χ0n) is 13.5. The fourth-order valence-electron chi connectivity index (χ4n) is 2.94. The van der Waals surface area contributed by atoms with Gasteiger partial charge in [0.1, 0.15) is 17.1 Å². The number of rotatable bonds is 3. The molecule has 0 spiro atoms. The molecule has 1 amide bonds. The van der Waals surface area contributed by atoms with Crippen molar-refractivity contribution < 1.29 is 14.3 Å². The van der Waals surface area contributed by atoms with E-state index in [-0.39, 0.29) is 17.2 Å². The first-order valence-electron chi connectivity index (χ1n) is 8.00. The van der Waals surface area contributed by atoms with Gasteiger partial charge < -0.3 is 20.2 Å². The number of carbonyl (C=O) groups is 1. The lowest BCUT2D eigenvalue weighted by Crippen LogP contribution is -2.30. The van der Waals surface area contributed by atoms with Crippen LogP contribution in [0.4, 0.5) is 5.69 Å². The Morgan fingerprint density at radius 3 is 2.71 bits per heavy atom. The first kappa shape index (κ1) is 16.3. The van der Waals surface area contributed by atoms with Gasteiger partial charge in [-0.25, -0.2) is 4.79 Å². The fourth-order valence-corrected chi connectivity index (χ4v) is 2.94. The number of nitrogens with one attached hydrogen (secondary N) is 2. The molecule has 3 N–H and O–H groups in total. The second-order valence-electron chi connectivity index (χ2n) is 6.04. The highest BCUT2D eigenvalue weighted by Crippen LogP contribution is 2.24. The minimum absolute atomic E-state index is 0.00981. The van der Waals surface area contributed by atoms with Gasteiger partial charge in [0.2, 0.25) is 0 Å². The maximum Gasteiger partial charge on any atom is 0.349 e. The van der Waals surface area contributed by atoms with E-state index in [0.29, 0.717) is 17.0 Å². The molecule has 126 valence electrons. The molecule has 24 heavy (non-hydrogen) atoms. The Hall–Kier alpha value is -2.60. The molecule has 3 rings (SSSR count). The molecule has 0 aliphatic carbocycles. The average Bonchev–Trinajstić information content (AvgIpc) is 2.57. The van der Waals surface area contributed by atoms with Gasteiger partial charge in [0.05, 0.1) is 0 Å². The van der Waals surface area contributed by atoms with Crippen LogP contribution < -0.4 is 16.3 Å². The van der Waals surface area contributed by atoms with E-state index in [1.807, 2.05) is 0 Å². The number of carbonyl (C=O) groups excluding carboxylic acids is 1. The third kappa shape index (κ3) is 3.49. The molecule has 6 heteroatoms. The van der Waals surface area contributed by atoms with Crippen LogP contribution in [0.2, 0.25) is 0 Å². The lowest BCUT2D eigenvalue weighted by atomic mass is 9.95. The molecule has 2 aromatic rings. The molecule has 1 fully saturated rings. The van der Waals surface area contributed by atoms with Crippen molar-refractivity contribution in [1.29, 1.82) is 0 Å². The topological polar surface area (TPSA) is 91.6 Å². The number of hydrogen-bond acceptors (Lipinski definition) is 5. The molecule has 2 heterocycles. The number of benzene rings is 1. The molecule has 1 aliphatic rings. The molecular weight excluding hydrogens is 308 g/mol. The number of aryl methyl sites for hydroxylation is 1. The Morgan fingerprint density at radius 1 is 1.33 bits per heavy atom. The van der Waals surface area contributed by atoms with E-state index in [1.165, 1.54) is 12.1 Å². The van der Waals surface area contributed by atoms with Gasteiger partial charge in [-0.3, -0.25) is 4.79 Å². The van der Waals surface area contributed by atoms with Gasteiger partial charge in [0, 0.05) is 18.2 Å². The lowest BCUT2D eigenvalue weighted by Gasteiger charge is -2.22. The Balaban J connectivity index is 1.83. The van der Waals surface area contributed by atoms with Crippen LogP contribution in [0.3, 0.4) is 0 Å².